The molecule has 25 heavy (non-hydrogen) atoms. The lowest BCUT2D eigenvalue weighted by Crippen LogP contribution is -2.25. The van der Waals surface area contributed by atoms with Crippen LogP contribution in [0.3, 0.4) is 0 Å². The van der Waals surface area contributed by atoms with Crippen molar-refractivity contribution in [2.45, 2.75) is 54.0 Å². The van der Waals surface area contributed by atoms with Crippen molar-refractivity contribution in [3.63, 3.8) is 0 Å². The van der Waals surface area contributed by atoms with Crippen molar-refractivity contribution in [1.29, 1.82) is 0 Å². The van der Waals surface area contributed by atoms with Gasteiger partial charge in [-0.25, -0.2) is 4.98 Å². The SMILES string of the molecule is CC.CC.CCc1cn(CCCNC(=O)c2ccc(NC)cc2)cn1. The van der Waals surface area contributed by atoms with Crippen molar-refractivity contribution in [2.75, 3.05) is 18.9 Å². The molecule has 5 nitrogen and oxygen atoms in total. The Labute approximate surface area is 152 Å². The van der Waals surface area contributed by atoms with Gasteiger partial charge in [-0.2, -0.15) is 0 Å². The summed E-state index contributed by atoms with van der Waals surface area (Å²) in [7, 11) is 1.86. The summed E-state index contributed by atoms with van der Waals surface area (Å²) in [5.74, 6) is -0.0301. The highest BCUT2D eigenvalue weighted by molar-refractivity contribution is 5.94. The first-order chi connectivity index (χ1) is 12.2. The number of imidazole rings is 1. The second-order valence-electron chi connectivity index (χ2n) is 4.89. The van der Waals surface area contributed by atoms with Gasteiger partial charge >= 0.3 is 0 Å². The molecule has 1 aromatic heterocycles. The molecular formula is C20H34N4O. The Morgan fingerprint density at radius 1 is 1.12 bits per heavy atom. The van der Waals surface area contributed by atoms with E-state index in [9.17, 15) is 4.79 Å². The lowest BCUT2D eigenvalue weighted by Gasteiger charge is -2.06. The van der Waals surface area contributed by atoms with Crippen molar-refractivity contribution in [1.82, 2.24) is 14.9 Å². The lowest BCUT2D eigenvalue weighted by molar-refractivity contribution is 0.0953. The highest BCUT2D eigenvalue weighted by atomic mass is 16.1. The van der Waals surface area contributed by atoms with Crippen LogP contribution >= 0.6 is 0 Å². The van der Waals surface area contributed by atoms with Crippen LogP contribution in [0.25, 0.3) is 0 Å². The number of carbonyl (C=O) groups is 1. The van der Waals surface area contributed by atoms with E-state index in [-0.39, 0.29) is 5.91 Å². The zero-order valence-corrected chi connectivity index (χ0v) is 16.6. The largest absolute Gasteiger partial charge is 0.388 e. The molecule has 0 aliphatic rings. The molecule has 0 bridgehead atoms. The summed E-state index contributed by atoms with van der Waals surface area (Å²) in [6.07, 6.45) is 5.74. The fourth-order valence-electron chi connectivity index (χ4n) is 2.07. The third kappa shape index (κ3) is 8.38. The molecule has 140 valence electrons. The normalized spacial score (nSPS) is 9.20. The van der Waals surface area contributed by atoms with Crippen LogP contribution in [0.5, 0.6) is 0 Å². The van der Waals surface area contributed by atoms with Crippen LogP contribution in [0.1, 0.15) is 57.1 Å². The van der Waals surface area contributed by atoms with E-state index in [0.717, 1.165) is 30.8 Å². The molecule has 2 N–H and O–H groups in total. The third-order valence-electron chi connectivity index (χ3n) is 3.36. The van der Waals surface area contributed by atoms with E-state index in [1.54, 1.807) is 0 Å². The second kappa shape index (κ2) is 14.1. The van der Waals surface area contributed by atoms with E-state index >= 15 is 0 Å². The Morgan fingerprint density at radius 2 is 1.76 bits per heavy atom. The van der Waals surface area contributed by atoms with Crippen molar-refractivity contribution >= 4 is 11.6 Å². The average Bonchev–Trinajstić information content (AvgIpc) is 3.16. The molecule has 0 aliphatic carbocycles. The van der Waals surface area contributed by atoms with Crippen molar-refractivity contribution in [3.8, 4) is 0 Å². The summed E-state index contributed by atoms with van der Waals surface area (Å²) in [6, 6.07) is 7.44. The van der Waals surface area contributed by atoms with Crippen LogP contribution in [0.15, 0.2) is 36.8 Å². The Hall–Kier alpha value is -2.30. The van der Waals surface area contributed by atoms with Crippen LogP contribution in [0.2, 0.25) is 0 Å². The maximum absolute atomic E-state index is 12.0. The number of anilines is 1. The fourth-order valence-corrected chi connectivity index (χ4v) is 2.07. The first-order valence-electron chi connectivity index (χ1n) is 9.29. The van der Waals surface area contributed by atoms with Gasteiger partial charge in [0.15, 0.2) is 0 Å². The monoisotopic (exact) mass is 346 g/mol. The quantitative estimate of drug-likeness (QED) is 0.732. The molecule has 2 rings (SSSR count). The minimum atomic E-state index is -0.0301. The third-order valence-corrected chi connectivity index (χ3v) is 3.36. The molecule has 0 radical (unpaired) electrons. The summed E-state index contributed by atoms with van der Waals surface area (Å²) in [4.78, 5) is 16.2. The van der Waals surface area contributed by atoms with Crippen LogP contribution < -0.4 is 10.6 Å². The molecule has 2 aromatic rings. The minimum absolute atomic E-state index is 0.0301. The standard InChI is InChI=1S/C16H22N4O.2C2H6/c1-3-14-11-20(12-19-14)10-4-9-18-16(21)13-5-7-15(17-2)8-6-13;2*1-2/h5-8,11-12,17H,3-4,9-10H2,1-2H3,(H,18,21);2*1-2H3. The molecule has 1 amide bonds. The minimum Gasteiger partial charge on any atom is -0.388 e. The molecule has 1 heterocycles. The summed E-state index contributed by atoms with van der Waals surface area (Å²) in [5, 5.41) is 5.96. The van der Waals surface area contributed by atoms with E-state index in [2.05, 4.69) is 33.3 Å². The average molecular weight is 347 g/mol. The summed E-state index contributed by atoms with van der Waals surface area (Å²) in [6.45, 7) is 11.6. The first-order valence-corrected chi connectivity index (χ1v) is 9.29. The summed E-state index contributed by atoms with van der Waals surface area (Å²) >= 11 is 0. The predicted octanol–water partition coefficient (Wildman–Crippen LogP) is 4.36. The van der Waals surface area contributed by atoms with E-state index < -0.39 is 0 Å². The molecule has 0 spiro atoms. The fraction of sp³-hybridized carbons (Fsp3) is 0.500. The Bertz CT molecular complexity index is 576. The molecule has 0 unspecified atom stereocenters. The molecule has 0 aliphatic heterocycles. The van der Waals surface area contributed by atoms with Gasteiger partial charge in [-0.1, -0.05) is 34.6 Å². The van der Waals surface area contributed by atoms with Gasteiger partial charge in [0.1, 0.15) is 0 Å². The zero-order valence-electron chi connectivity index (χ0n) is 16.6. The topological polar surface area (TPSA) is 59.0 Å². The van der Waals surface area contributed by atoms with Gasteiger partial charge in [0.25, 0.3) is 5.91 Å². The van der Waals surface area contributed by atoms with Gasteiger partial charge in [0.05, 0.1) is 12.0 Å². The van der Waals surface area contributed by atoms with E-state index in [1.165, 1.54) is 0 Å². The number of aryl methyl sites for hydroxylation is 2. The van der Waals surface area contributed by atoms with Gasteiger partial charge in [-0.3, -0.25) is 4.79 Å². The first kappa shape index (κ1) is 22.7. The van der Waals surface area contributed by atoms with Crippen LogP contribution in [0, 0.1) is 0 Å². The highest BCUT2D eigenvalue weighted by Crippen LogP contribution is 2.08. The molecular weight excluding hydrogens is 312 g/mol. The van der Waals surface area contributed by atoms with Crippen molar-refractivity contribution in [2.24, 2.45) is 0 Å². The van der Waals surface area contributed by atoms with Gasteiger partial charge in [-0.05, 0) is 37.1 Å². The number of nitrogens with one attached hydrogen (secondary N) is 2. The molecule has 5 heteroatoms. The number of nitrogens with zero attached hydrogens (tertiary/aromatic N) is 2. The predicted molar refractivity (Wildman–Crippen MR) is 107 cm³/mol. The Kier molecular flexibility index (Phi) is 12.8. The Balaban J connectivity index is 0.00000134. The van der Waals surface area contributed by atoms with Gasteiger partial charge in [0, 0.05) is 37.6 Å². The molecule has 0 saturated carbocycles. The smallest absolute Gasteiger partial charge is 0.251 e. The molecule has 0 atom stereocenters. The number of rotatable bonds is 7. The maximum Gasteiger partial charge on any atom is 0.251 e. The molecule has 0 fully saturated rings. The lowest BCUT2D eigenvalue weighted by atomic mass is 10.2. The maximum atomic E-state index is 12.0. The van der Waals surface area contributed by atoms with E-state index in [4.69, 9.17) is 0 Å². The highest BCUT2D eigenvalue weighted by Gasteiger charge is 2.04. The molecule has 0 saturated heterocycles. The number of hydrogen-bond acceptors (Lipinski definition) is 3. The van der Waals surface area contributed by atoms with Crippen molar-refractivity contribution < 1.29 is 4.79 Å². The van der Waals surface area contributed by atoms with Gasteiger partial charge in [-0.15, -0.1) is 0 Å². The summed E-state index contributed by atoms with van der Waals surface area (Å²) in [5.41, 5.74) is 2.78. The van der Waals surface area contributed by atoms with Gasteiger partial charge in [0.2, 0.25) is 0 Å². The second-order valence-corrected chi connectivity index (χ2v) is 4.89. The number of aromatic nitrogens is 2. The van der Waals surface area contributed by atoms with Crippen LogP contribution in [0.4, 0.5) is 5.69 Å². The Morgan fingerprint density at radius 3 is 2.28 bits per heavy atom. The van der Waals surface area contributed by atoms with Crippen LogP contribution in [-0.2, 0) is 13.0 Å². The van der Waals surface area contributed by atoms with E-state index in [0.29, 0.717) is 12.1 Å². The van der Waals surface area contributed by atoms with Gasteiger partial charge < -0.3 is 15.2 Å². The van der Waals surface area contributed by atoms with E-state index in [1.807, 2.05) is 65.3 Å². The van der Waals surface area contributed by atoms with Crippen LogP contribution in [-0.4, -0.2) is 29.1 Å². The summed E-state index contributed by atoms with van der Waals surface area (Å²) < 4.78 is 2.06. The number of hydrogen-bond donors (Lipinski definition) is 2. The number of benzene rings is 1. The number of amides is 1. The zero-order chi connectivity index (χ0) is 19.1. The molecule has 1 aromatic carbocycles. The van der Waals surface area contributed by atoms with Crippen molar-refractivity contribution in [3.05, 3.63) is 48.0 Å². The number of carbonyl (C=O) groups excluding carboxylic acids is 1.